The second-order valence-electron chi connectivity index (χ2n) is 15.3. The van der Waals surface area contributed by atoms with Gasteiger partial charge in [-0.05, 0) is 104 Å². The molecule has 2 amide bonds. The lowest BCUT2D eigenvalue weighted by molar-refractivity contribution is -0.134. The average Bonchev–Trinajstić information content (AvgIpc) is 3.68. The van der Waals surface area contributed by atoms with Gasteiger partial charge in [0, 0.05) is 45.0 Å². The van der Waals surface area contributed by atoms with E-state index in [9.17, 15) is 19.2 Å². The molecule has 320 valence electrons. The van der Waals surface area contributed by atoms with E-state index in [2.05, 4.69) is 17.4 Å². The summed E-state index contributed by atoms with van der Waals surface area (Å²) < 4.78 is 29.1. The Labute approximate surface area is 354 Å². The van der Waals surface area contributed by atoms with E-state index in [-0.39, 0.29) is 61.8 Å². The van der Waals surface area contributed by atoms with Gasteiger partial charge in [0.2, 0.25) is 11.8 Å². The number of esters is 1. The number of hydrogen-bond acceptors (Lipinski definition) is 9. The molecule has 4 aromatic carbocycles. The highest BCUT2D eigenvalue weighted by molar-refractivity contribution is 5.96. The SMILES string of the molecule is CCOC(=O)c1c(C)cc(NC(=O)CCC(=O)CCCCCCC(=O)N2C[C@H](OC)C[C@H]2COC(c2ccccc2)(c2ccc(OC)cc2)c2ccc(OC)cc2)cc1C. The van der Waals surface area contributed by atoms with Gasteiger partial charge in [0.25, 0.3) is 0 Å². The first-order valence-corrected chi connectivity index (χ1v) is 20.9. The minimum Gasteiger partial charge on any atom is -0.497 e. The van der Waals surface area contributed by atoms with Crippen LogP contribution in [0.2, 0.25) is 0 Å². The number of methoxy groups -OCH3 is 3. The molecule has 11 nitrogen and oxygen atoms in total. The molecule has 0 bridgehead atoms. The standard InChI is InChI=1S/C49H60N2O9/c1-7-59-48(55)47-34(2)29-39(30-35(47)3)50-45(53)28-23-41(52)17-13-8-9-14-18-46(54)51-32-44(58-6)31-40(51)33-60-49(36-15-11-10-12-16-36,37-19-24-42(56-4)25-20-37)38-21-26-43(57-5)27-22-38/h10-12,15-16,19-22,24-27,29-30,40,44H,7-9,13-14,17-18,23,28,31-33H2,1-6H3,(H,50,53)/t40-,44+/m0/s1. The Morgan fingerprint density at radius 1 is 0.717 bits per heavy atom. The Hall–Kier alpha value is -5.52. The fourth-order valence-electron chi connectivity index (χ4n) is 8.06. The normalized spacial score (nSPS) is 15.1. The monoisotopic (exact) mass is 820 g/mol. The third-order valence-electron chi connectivity index (χ3n) is 11.2. The predicted octanol–water partition coefficient (Wildman–Crippen LogP) is 8.75. The number of nitrogens with one attached hydrogen (secondary N) is 1. The number of carbonyl (C=O) groups excluding carboxylic acids is 4. The maximum atomic E-state index is 13.8. The number of anilines is 1. The summed E-state index contributed by atoms with van der Waals surface area (Å²) in [5.41, 5.74) is 4.30. The number of ketones is 1. The van der Waals surface area contributed by atoms with Crippen LogP contribution in [0.3, 0.4) is 0 Å². The summed E-state index contributed by atoms with van der Waals surface area (Å²) >= 11 is 0. The molecular formula is C49H60N2O9. The lowest BCUT2D eigenvalue weighted by Crippen LogP contribution is -2.42. The number of amides is 2. The van der Waals surface area contributed by atoms with Crippen molar-refractivity contribution in [1.82, 2.24) is 4.90 Å². The average molecular weight is 821 g/mol. The topological polar surface area (TPSA) is 130 Å². The third-order valence-corrected chi connectivity index (χ3v) is 11.2. The number of unbranched alkanes of at least 4 members (excludes halogenated alkanes) is 3. The number of hydrogen-bond donors (Lipinski definition) is 1. The van der Waals surface area contributed by atoms with E-state index in [1.54, 1.807) is 54.2 Å². The summed E-state index contributed by atoms with van der Waals surface area (Å²) in [6.07, 6.45) is 4.60. The maximum Gasteiger partial charge on any atom is 0.338 e. The van der Waals surface area contributed by atoms with Crippen LogP contribution < -0.4 is 14.8 Å². The van der Waals surface area contributed by atoms with Crippen LogP contribution in [0.1, 0.15) is 103 Å². The van der Waals surface area contributed by atoms with E-state index in [1.807, 2.05) is 71.6 Å². The Balaban J connectivity index is 1.13. The number of ether oxygens (including phenoxy) is 5. The van der Waals surface area contributed by atoms with Gasteiger partial charge < -0.3 is 33.9 Å². The molecule has 0 unspecified atom stereocenters. The highest BCUT2D eigenvalue weighted by Crippen LogP contribution is 2.42. The van der Waals surface area contributed by atoms with Gasteiger partial charge in [-0.25, -0.2) is 4.79 Å². The number of benzene rings is 4. The van der Waals surface area contributed by atoms with Gasteiger partial charge in [-0.2, -0.15) is 0 Å². The number of aryl methyl sites for hydroxylation is 2. The number of nitrogens with zero attached hydrogens (tertiary/aromatic N) is 1. The van der Waals surface area contributed by atoms with Crippen molar-refractivity contribution in [3.8, 4) is 11.5 Å². The summed E-state index contributed by atoms with van der Waals surface area (Å²) in [7, 11) is 4.97. The molecule has 0 radical (unpaired) electrons. The molecule has 2 atom stereocenters. The summed E-state index contributed by atoms with van der Waals surface area (Å²) in [6.45, 7) is 6.42. The molecule has 1 saturated heterocycles. The van der Waals surface area contributed by atoms with Crippen LogP contribution in [0.15, 0.2) is 91.0 Å². The Morgan fingerprint density at radius 3 is 1.83 bits per heavy atom. The minimum atomic E-state index is -1.00. The predicted molar refractivity (Wildman–Crippen MR) is 232 cm³/mol. The Kier molecular flexibility index (Phi) is 16.8. The van der Waals surface area contributed by atoms with Gasteiger partial charge in [-0.15, -0.1) is 0 Å². The molecule has 60 heavy (non-hydrogen) atoms. The van der Waals surface area contributed by atoms with Crippen molar-refractivity contribution in [2.75, 3.05) is 46.4 Å². The van der Waals surface area contributed by atoms with Gasteiger partial charge in [-0.1, -0.05) is 67.4 Å². The first-order valence-electron chi connectivity index (χ1n) is 20.9. The molecule has 1 heterocycles. The highest BCUT2D eigenvalue weighted by Gasteiger charge is 2.42. The van der Waals surface area contributed by atoms with Crippen LogP contribution in [-0.2, 0) is 34.2 Å². The molecule has 0 saturated carbocycles. The summed E-state index contributed by atoms with van der Waals surface area (Å²) in [4.78, 5) is 53.2. The summed E-state index contributed by atoms with van der Waals surface area (Å²) in [5, 5.41) is 2.85. The molecule has 1 aliphatic rings. The van der Waals surface area contributed by atoms with E-state index in [0.29, 0.717) is 61.0 Å². The van der Waals surface area contributed by atoms with Crippen molar-refractivity contribution in [2.24, 2.45) is 0 Å². The van der Waals surface area contributed by atoms with Crippen molar-refractivity contribution in [3.05, 3.63) is 124 Å². The molecule has 0 spiro atoms. The lowest BCUT2D eigenvalue weighted by atomic mass is 9.80. The zero-order valence-electron chi connectivity index (χ0n) is 35.9. The maximum absolute atomic E-state index is 13.8. The van der Waals surface area contributed by atoms with Crippen LogP contribution >= 0.6 is 0 Å². The lowest BCUT2D eigenvalue weighted by Gasteiger charge is -2.38. The summed E-state index contributed by atoms with van der Waals surface area (Å²) in [5.74, 6) is 0.931. The van der Waals surface area contributed by atoms with Gasteiger partial charge >= 0.3 is 5.97 Å². The smallest absolute Gasteiger partial charge is 0.338 e. The number of likely N-dealkylation sites (tertiary alicyclic amines) is 1. The number of carbonyl (C=O) groups is 4. The van der Waals surface area contributed by atoms with Crippen LogP contribution in [0.4, 0.5) is 5.69 Å². The molecular weight excluding hydrogens is 761 g/mol. The van der Waals surface area contributed by atoms with Crippen molar-refractivity contribution in [2.45, 2.75) is 96.3 Å². The van der Waals surface area contributed by atoms with E-state index in [0.717, 1.165) is 41.0 Å². The largest absolute Gasteiger partial charge is 0.497 e. The third kappa shape index (κ3) is 11.6. The fourth-order valence-corrected chi connectivity index (χ4v) is 8.06. The van der Waals surface area contributed by atoms with Crippen molar-refractivity contribution < 1.29 is 42.9 Å². The van der Waals surface area contributed by atoms with Gasteiger partial charge in [0.15, 0.2) is 0 Å². The van der Waals surface area contributed by atoms with E-state index in [4.69, 9.17) is 23.7 Å². The zero-order valence-corrected chi connectivity index (χ0v) is 35.9. The van der Waals surface area contributed by atoms with Gasteiger partial charge in [0.05, 0.1) is 45.1 Å². The Bertz CT molecular complexity index is 1960. The molecule has 11 heteroatoms. The molecule has 1 fully saturated rings. The fraction of sp³-hybridized carbons (Fsp3) is 0.429. The quantitative estimate of drug-likeness (QED) is 0.0470. The highest BCUT2D eigenvalue weighted by atomic mass is 16.5. The second kappa shape index (κ2) is 22.2. The van der Waals surface area contributed by atoms with E-state index in [1.165, 1.54) is 0 Å². The van der Waals surface area contributed by atoms with Crippen molar-refractivity contribution >= 4 is 29.3 Å². The minimum absolute atomic E-state index is 0.0348. The van der Waals surface area contributed by atoms with E-state index < -0.39 is 5.60 Å². The molecule has 1 aliphatic heterocycles. The van der Waals surface area contributed by atoms with Gasteiger partial charge in [0.1, 0.15) is 22.9 Å². The van der Waals surface area contributed by atoms with Crippen LogP contribution in [0, 0.1) is 13.8 Å². The second-order valence-corrected chi connectivity index (χ2v) is 15.3. The first-order chi connectivity index (χ1) is 29.0. The zero-order chi connectivity index (χ0) is 43.1. The summed E-state index contributed by atoms with van der Waals surface area (Å²) in [6, 6.07) is 29.2. The molecule has 0 aliphatic carbocycles. The van der Waals surface area contributed by atoms with Crippen molar-refractivity contribution in [3.63, 3.8) is 0 Å². The molecule has 1 N–H and O–H groups in total. The number of rotatable bonds is 22. The number of Topliss-reactive ketones (excluding diaryl/α,β-unsaturated/α-hetero) is 1. The van der Waals surface area contributed by atoms with Crippen LogP contribution in [0.5, 0.6) is 11.5 Å². The van der Waals surface area contributed by atoms with Gasteiger partial charge in [-0.3, -0.25) is 14.4 Å². The Morgan fingerprint density at radius 2 is 1.28 bits per heavy atom. The van der Waals surface area contributed by atoms with Crippen LogP contribution in [-0.4, -0.2) is 81.7 Å². The van der Waals surface area contributed by atoms with Crippen molar-refractivity contribution in [1.29, 1.82) is 0 Å². The van der Waals surface area contributed by atoms with Crippen LogP contribution in [0.25, 0.3) is 0 Å². The molecule has 0 aromatic heterocycles. The molecule has 5 rings (SSSR count). The van der Waals surface area contributed by atoms with E-state index >= 15 is 0 Å². The first kappa shape index (κ1) is 45.6. The molecule has 4 aromatic rings.